The third-order valence-corrected chi connectivity index (χ3v) is 3.23. The van der Waals surface area contributed by atoms with Crippen LogP contribution in [0, 0.1) is 0 Å². The highest BCUT2D eigenvalue weighted by molar-refractivity contribution is 6.01. The molecular weight excluding hydrogens is 260 g/mol. The molecule has 21 heavy (non-hydrogen) atoms. The van der Waals surface area contributed by atoms with Gasteiger partial charge in [0, 0.05) is 23.4 Å². The second-order valence-corrected chi connectivity index (χ2v) is 4.60. The third kappa shape index (κ3) is 2.38. The number of fused-ring (bicyclic) bond motifs is 1. The molecule has 3 heteroatoms. The van der Waals surface area contributed by atoms with E-state index in [-0.39, 0.29) is 0 Å². The SMILES string of the molecule is C/C=C\c1oc2c(-c3ccccn3)cccc2c1/N=C\C. The third-order valence-electron chi connectivity index (χ3n) is 3.23. The van der Waals surface area contributed by atoms with Gasteiger partial charge in [-0.25, -0.2) is 0 Å². The number of benzene rings is 1. The fourth-order valence-electron chi connectivity index (χ4n) is 2.37. The van der Waals surface area contributed by atoms with Crippen molar-refractivity contribution < 1.29 is 4.42 Å². The molecule has 0 atom stereocenters. The molecule has 0 spiro atoms. The number of aliphatic imine (C=N–C) groups is 1. The van der Waals surface area contributed by atoms with Crippen molar-refractivity contribution in [3.8, 4) is 11.3 Å². The van der Waals surface area contributed by atoms with Crippen LogP contribution in [0.2, 0.25) is 0 Å². The standard InChI is InChI=1S/C18H16N2O/c1-3-8-16-17(19-4-2)14-10-7-9-13(18(14)21-16)15-11-5-6-12-20-15/h3-12H,1-2H3/b8-3-,19-4-. The molecule has 0 radical (unpaired) electrons. The van der Waals surface area contributed by atoms with E-state index in [2.05, 4.69) is 9.98 Å². The van der Waals surface area contributed by atoms with E-state index < -0.39 is 0 Å². The number of nitrogens with zero attached hydrogens (tertiary/aromatic N) is 2. The monoisotopic (exact) mass is 276 g/mol. The summed E-state index contributed by atoms with van der Waals surface area (Å²) in [5.74, 6) is 0.772. The van der Waals surface area contributed by atoms with Gasteiger partial charge in [0.25, 0.3) is 0 Å². The van der Waals surface area contributed by atoms with E-state index in [0.29, 0.717) is 0 Å². The van der Waals surface area contributed by atoms with Gasteiger partial charge in [0.05, 0.1) is 5.69 Å². The normalized spacial score (nSPS) is 11.9. The number of rotatable bonds is 3. The Balaban J connectivity index is 2.32. The number of pyridine rings is 1. The molecule has 1 aromatic carbocycles. The summed E-state index contributed by atoms with van der Waals surface area (Å²) >= 11 is 0. The molecule has 2 heterocycles. The highest BCUT2D eigenvalue weighted by Crippen LogP contribution is 2.38. The minimum atomic E-state index is 0.772. The first-order chi connectivity index (χ1) is 10.3. The maximum absolute atomic E-state index is 6.04. The van der Waals surface area contributed by atoms with E-state index in [1.807, 2.05) is 62.4 Å². The zero-order chi connectivity index (χ0) is 14.7. The maximum atomic E-state index is 6.04. The van der Waals surface area contributed by atoms with Gasteiger partial charge in [-0.1, -0.05) is 18.2 Å². The van der Waals surface area contributed by atoms with Gasteiger partial charge >= 0.3 is 0 Å². The zero-order valence-corrected chi connectivity index (χ0v) is 12.1. The molecule has 0 aliphatic heterocycles. The molecule has 0 aliphatic rings. The molecule has 0 aliphatic carbocycles. The van der Waals surface area contributed by atoms with Crippen molar-refractivity contribution in [2.75, 3.05) is 0 Å². The van der Waals surface area contributed by atoms with Crippen molar-refractivity contribution in [2.24, 2.45) is 4.99 Å². The summed E-state index contributed by atoms with van der Waals surface area (Å²) in [7, 11) is 0. The summed E-state index contributed by atoms with van der Waals surface area (Å²) < 4.78 is 6.04. The smallest absolute Gasteiger partial charge is 0.153 e. The van der Waals surface area contributed by atoms with Crippen LogP contribution >= 0.6 is 0 Å². The predicted octanol–water partition coefficient (Wildman–Crippen LogP) is 5.25. The lowest BCUT2D eigenvalue weighted by Gasteiger charge is -2.00. The van der Waals surface area contributed by atoms with Crippen molar-refractivity contribution in [1.29, 1.82) is 0 Å². The molecule has 3 rings (SSSR count). The number of aromatic nitrogens is 1. The van der Waals surface area contributed by atoms with Crippen LogP contribution in [0.15, 0.2) is 58.1 Å². The molecule has 0 N–H and O–H groups in total. The zero-order valence-electron chi connectivity index (χ0n) is 12.1. The Labute approximate surface area is 123 Å². The van der Waals surface area contributed by atoms with Crippen LogP contribution in [0.4, 0.5) is 5.69 Å². The number of hydrogen-bond donors (Lipinski definition) is 0. The van der Waals surface area contributed by atoms with Crippen LogP contribution in [0.1, 0.15) is 19.6 Å². The summed E-state index contributed by atoms with van der Waals surface area (Å²) in [5, 5.41) is 1.00. The lowest BCUT2D eigenvalue weighted by atomic mass is 10.1. The Morgan fingerprint density at radius 3 is 2.71 bits per heavy atom. The maximum Gasteiger partial charge on any atom is 0.153 e. The average Bonchev–Trinajstić information content (AvgIpc) is 2.87. The predicted molar refractivity (Wildman–Crippen MR) is 88.0 cm³/mol. The largest absolute Gasteiger partial charge is 0.454 e. The van der Waals surface area contributed by atoms with E-state index in [9.17, 15) is 0 Å². The summed E-state index contributed by atoms with van der Waals surface area (Å²) in [5.41, 5.74) is 3.57. The number of para-hydroxylation sites is 1. The first-order valence-electron chi connectivity index (χ1n) is 6.93. The molecule has 0 bridgehead atoms. The fraction of sp³-hybridized carbons (Fsp3) is 0.111. The molecule has 0 amide bonds. The fourth-order valence-corrected chi connectivity index (χ4v) is 2.37. The van der Waals surface area contributed by atoms with Gasteiger partial charge in [-0.2, -0.15) is 0 Å². The number of hydrogen-bond acceptors (Lipinski definition) is 3. The van der Waals surface area contributed by atoms with Crippen molar-refractivity contribution in [2.45, 2.75) is 13.8 Å². The first kappa shape index (κ1) is 13.3. The summed E-state index contributed by atoms with van der Waals surface area (Å²) in [4.78, 5) is 8.87. The van der Waals surface area contributed by atoms with Crippen LogP contribution in [0.3, 0.4) is 0 Å². The quantitative estimate of drug-likeness (QED) is 0.613. The van der Waals surface area contributed by atoms with E-state index in [1.165, 1.54) is 0 Å². The minimum absolute atomic E-state index is 0.772. The van der Waals surface area contributed by atoms with Crippen molar-refractivity contribution in [1.82, 2.24) is 4.98 Å². The van der Waals surface area contributed by atoms with E-state index in [0.717, 1.165) is 33.7 Å². The van der Waals surface area contributed by atoms with E-state index in [1.54, 1.807) is 12.4 Å². The second-order valence-electron chi connectivity index (χ2n) is 4.60. The van der Waals surface area contributed by atoms with Gasteiger partial charge in [0.15, 0.2) is 5.76 Å². The Hall–Kier alpha value is -2.68. The van der Waals surface area contributed by atoms with Crippen LogP contribution < -0.4 is 0 Å². The van der Waals surface area contributed by atoms with Crippen molar-refractivity contribution in [3.63, 3.8) is 0 Å². The van der Waals surface area contributed by atoms with Crippen LogP contribution in [-0.4, -0.2) is 11.2 Å². The molecule has 104 valence electrons. The summed E-state index contributed by atoms with van der Waals surface area (Å²) in [6.45, 7) is 3.87. The van der Waals surface area contributed by atoms with Crippen LogP contribution in [0.5, 0.6) is 0 Å². The average molecular weight is 276 g/mol. The lowest BCUT2D eigenvalue weighted by molar-refractivity contribution is 0.606. The van der Waals surface area contributed by atoms with E-state index in [4.69, 9.17) is 4.42 Å². The minimum Gasteiger partial charge on any atom is -0.454 e. The Morgan fingerprint density at radius 2 is 2.00 bits per heavy atom. The van der Waals surface area contributed by atoms with Crippen molar-refractivity contribution in [3.05, 3.63) is 54.4 Å². The molecule has 0 unspecified atom stereocenters. The molecule has 2 aromatic heterocycles. The molecule has 3 aromatic rings. The van der Waals surface area contributed by atoms with Gasteiger partial charge in [-0.3, -0.25) is 9.98 Å². The van der Waals surface area contributed by atoms with Gasteiger partial charge in [-0.15, -0.1) is 0 Å². The van der Waals surface area contributed by atoms with Gasteiger partial charge in [-0.05, 0) is 44.2 Å². The number of allylic oxidation sites excluding steroid dienone is 1. The van der Waals surface area contributed by atoms with Gasteiger partial charge in [0.2, 0.25) is 0 Å². The Morgan fingerprint density at radius 1 is 1.10 bits per heavy atom. The highest BCUT2D eigenvalue weighted by atomic mass is 16.3. The molecule has 0 saturated heterocycles. The van der Waals surface area contributed by atoms with Crippen LogP contribution in [-0.2, 0) is 0 Å². The van der Waals surface area contributed by atoms with E-state index >= 15 is 0 Å². The van der Waals surface area contributed by atoms with Gasteiger partial charge < -0.3 is 4.42 Å². The first-order valence-corrected chi connectivity index (χ1v) is 6.93. The van der Waals surface area contributed by atoms with Crippen LogP contribution in [0.25, 0.3) is 28.3 Å². The summed E-state index contributed by atoms with van der Waals surface area (Å²) in [6.07, 6.45) is 7.46. The molecule has 0 saturated carbocycles. The Kier molecular flexibility index (Phi) is 3.65. The second kappa shape index (κ2) is 5.75. The number of furan rings is 1. The molecular formula is C18H16N2O. The highest BCUT2D eigenvalue weighted by Gasteiger charge is 2.15. The molecule has 3 nitrogen and oxygen atoms in total. The van der Waals surface area contributed by atoms with Gasteiger partial charge in [0.1, 0.15) is 11.3 Å². The summed E-state index contributed by atoms with van der Waals surface area (Å²) in [6, 6.07) is 11.9. The Bertz CT molecular complexity index is 814. The molecule has 0 fully saturated rings. The topological polar surface area (TPSA) is 38.4 Å². The lowest BCUT2D eigenvalue weighted by Crippen LogP contribution is -1.81. The van der Waals surface area contributed by atoms with Crippen molar-refractivity contribution >= 4 is 28.9 Å².